The zero-order valence-electron chi connectivity index (χ0n) is 10.8. The molecule has 2 N–H and O–H groups in total. The van der Waals surface area contributed by atoms with Crippen molar-refractivity contribution in [2.45, 2.75) is 20.1 Å². The van der Waals surface area contributed by atoms with Gasteiger partial charge in [-0.1, -0.05) is 24.3 Å². The van der Waals surface area contributed by atoms with E-state index in [1.54, 1.807) is 12.3 Å². The summed E-state index contributed by atoms with van der Waals surface area (Å²) in [6.45, 7) is 3.18. The summed E-state index contributed by atoms with van der Waals surface area (Å²) >= 11 is 0. The third-order valence-corrected chi connectivity index (χ3v) is 2.79. The average molecular weight is 259 g/mol. The van der Waals surface area contributed by atoms with Gasteiger partial charge in [-0.05, 0) is 18.1 Å². The largest absolute Gasteiger partial charge is 0.392 e. The third kappa shape index (κ3) is 3.42. The summed E-state index contributed by atoms with van der Waals surface area (Å²) in [5, 5.41) is 16.1. The van der Waals surface area contributed by atoms with Crippen LogP contribution >= 0.6 is 0 Å². The molecule has 1 heterocycles. The number of rotatable bonds is 5. The zero-order chi connectivity index (χ0) is 13.7. The maximum Gasteiger partial charge on any atom is 0.269 e. The second-order valence-corrected chi connectivity index (χ2v) is 4.25. The fourth-order valence-electron chi connectivity index (χ4n) is 1.78. The SMILES string of the molecule is CCNc1cnn(Cc2ccc(CO)cc2)c(=O)c1. The van der Waals surface area contributed by atoms with Gasteiger partial charge in [-0.15, -0.1) is 0 Å². The molecule has 5 heteroatoms. The van der Waals surface area contributed by atoms with E-state index in [-0.39, 0.29) is 12.2 Å². The van der Waals surface area contributed by atoms with Crippen LogP contribution in [0.2, 0.25) is 0 Å². The number of aromatic nitrogens is 2. The molecule has 0 radical (unpaired) electrons. The van der Waals surface area contributed by atoms with Crippen LogP contribution in [0, 0.1) is 0 Å². The molecule has 0 bridgehead atoms. The lowest BCUT2D eigenvalue weighted by molar-refractivity contribution is 0.282. The van der Waals surface area contributed by atoms with Gasteiger partial charge in [0.25, 0.3) is 5.56 Å². The van der Waals surface area contributed by atoms with Crippen molar-refractivity contribution < 1.29 is 5.11 Å². The van der Waals surface area contributed by atoms with Crippen LogP contribution in [0.3, 0.4) is 0 Å². The van der Waals surface area contributed by atoms with Crippen molar-refractivity contribution in [1.82, 2.24) is 9.78 Å². The minimum absolute atomic E-state index is 0.0237. The molecule has 0 fully saturated rings. The zero-order valence-corrected chi connectivity index (χ0v) is 10.8. The first kappa shape index (κ1) is 13.3. The minimum atomic E-state index is -0.135. The average Bonchev–Trinajstić information content (AvgIpc) is 2.43. The number of benzene rings is 1. The summed E-state index contributed by atoms with van der Waals surface area (Å²) in [5.74, 6) is 0. The Labute approximate surface area is 111 Å². The van der Waals surface area contributed by atoms with Crippen LogP contribution in [0.4, 0.5) is 5.69 Å². The maximum atomic E-state index is 11.9. The fourth-order valence-corrected chi connectivity index (χ4v) is 1.78. The van der Waals surface area contributed by atoms with Gasteiger partial charge in [-0.3, -0.25) is 4.79 Å². The Morgan fingerprint density at radius 3 is 2.53 bits per heavy atom. The first-order chi connectivity index (χ1) is 9.22. The van der Waals surface area contributed by atoms with Crippen LogP contribution in [-0.4, -0.2) is 21.4 Å². The summed E-state index contributed by atoms with van der Waals surface area (Å²) in [5.41, 5.74) is 2.43. The molecule has 0 saturated heterocycles. The number of aliphatic hydroxyl groups excluding tert-OH is 1. The lowest BCUT2D eigenvalue weighted by atomic mass is 10.1. The predicted molar refractivity (Wildman–Crippen MR) is 74.1 cm³/mol. The number of anilines is 1. The fraction of sp³-hybridized carbons (Fsp3) is 0.286. The van der Waals surface area contributed by atoms with Crippen molar-refractivity contribution in [2.24, 2.45) is 0 Å². The standard InChI is InChI=1S/C14H17N3O2/c1-2-15-13-7-14(19)17(16-8-13)9-11-3-5-12(10-18)6-4-11/h3-8,15,18H,2,9-10H2,1H3. The van der Waals surface area contributed by atoms with Gasteiger partial charge in [0, 0.05) is 12.6 Å². The van der Waals surface area contributed by atoms with Gasteiger partial charge in [-0.25, -0.2) is 4.68 Å². The summed E-state index contributed by atoms with van der Waals surface area (Å²) in [6, 6.07) is 9.00. The Morgan fingerprint density at radius 2 is 1.95 bits per heavy atom. The van der Waals surface area contributed by atoms with Crippen LogP contribution in [0.15, 0.2) is 41.3 Å². The van der Waals surface area contributed by atoms with Crippen LogP contribution in [0.1, 0.15) is 18.1 Å². The normalized spacial score (nSPS) is 10.4. The molecule has 19 heavy (non-hydrogen) atoms. The molecule has 0 saturated carbocycles. The highest BCUT2D eigenvalue weighted by Gasteiger charge is 2.01. The first-order valence-corrected chi connectivity index (χ1v) is 6.22. The van der Waals surface area contributed by atoms with Gasteiger partial charge < -0.3 is 10.4 Å². The monoisotopic (exact) mass is 259 g/mol. The van der Waals surface area contributed by atoms with E-state index in [4.69, 9.17) is 5.11 Å². The van der Waals surface area contributed by atoms with Crippen LogP contribution in [-0.2, 0) is 13.2 Å². The van der Waals surface area contributed by atoms with Crippen molar-refractivity contribution in [3.05, 3.63) is 58.0 Å². The second kappa shape index (κ2) is 6.15. The van der Waals surface area contributed by atoms with Gasteiger partial charge >= 0.3 is 0 Å². The molecular formula is C14H17N3O2. The van der Waals surface area contributed by atoms with Crippen molar-refractivity contribution in [1.29, 1.82) is 0 Å². The molecule has 0 aliphatic carbocycles. The maximum absolute atomic E-state index is 11.9. The summed E-state index contributed by atoms with van der Waals surface area (Å²) in [6.07, 6.45) is 1.65. The molecule has 0 aliphatic heterocycles. The Kier molecular flexibility index (Phi) is 4.30. The van der Waals surface area contributed by atoms with Gasteiger partial charge in [0.05, 0.1) is 25.0 Å². The van der Waals surface area contributed by atoms with Crippen molar-refractivity contribution >= 4 is 5.69 Å². The topological polar surface area (TPSA) is 67.2 Å². The quantitative estimate of drug-likeness (QED) is 0.847. The van der Waals surface area contributed by atoms with Crippen LogP contribution in [0.5, 0.6) is 0 Å². The lowest BCUT2D eigenvalue weighted by Gasteiger charge is -2.07. The van der Waals surface area contributed by atoms with Crippen molar-refractivity contribution in [3.63, 3.8) is 0 Å². The molecule has 0 spiro atoms. The summed E-state index contributed by atoms with van der Waals surface area (Å²) in [4.78, 5) is 11.9. The van der Waals surface area contributed by atoms with Gasteiger partial charge in [0.2, 0.25) is 0 Å². The molecule has 0 amide bonds. The molecule has 100 valence electrons. The summed E-state index contributed by atoms with van der Waals surface area (Å²) < 4.78 is 1.41. The minimum Gasteiger partial charge on any atom is -0.392 e. The first-order valence-electron chi connectivity index (χ1n) is 6.22. The number of nitrogens with zero attached hydrogens (tertiary/aromatic N) is 2. The smallest absolute Gasteiger partial charge is 0.269 e. The van der Waals surface area contributed by atoms with Gasteiger partial charge in [0.15, 0.2) is 0 Å². The molecule has 1 aromatic heterocycles. The van der Waals surface area contributed by atoms with E-state index in [9.17, 15) is 4.79 Å². The Balaban J connectivity index is 2.16. The Hall–Kier alpha value is -2.14. The molecule has 1 aromatic carbocycles. The molecule has 2 aromatic rings. The molecule has 0 atom stereocenters. The Morgan fingerprint density at radius 1 is 1.26 bits per heavy atom. The molecule has 2 rings (SSSR count). The highest BCUT2D eigenvalue weighted by Crippen LogP contribution is 2.06. The molecule has 5 nitrogen and oxygen atoms in total. The van der Waals surface area contributed by atoms with E-state index < -0.39 is 0 Å². The van der Waals surface area contributed by atoms with E-state index in [0.29, 0.717) is 6.54 Å². The number of hydrogen-bond acceptors (Lipinski definition) is 4. The van der Waals surface area contributed by atoms with E-state index in [1.165, 1.54) is 4.68 Å². The number of hydrogen-bond donors (Lipinski definition) is 2. The third-order valence-electron chi connectivity index (χ3n) is 2.79. The van der Waals surface area contributed by atoms with E-state index in [2.05, 4.69) is 10.4 Å². The molecule has 0 unspecified atom stereocenters. The molecular weight excluding hydrogens is 242 g/mol. The summed E-state index contributed by atoms with van der Waals surface area (Å²) in [7, 11) is 0. The van der Waals surface area contributed by atoms with E-state index >= 15 is 0 Å². The number of nitrogens with one attached hydrogen (secondary N) is 1. The highest BCUT2D eigenvalue weighted by atomic mass is 16.3. The van der Waals surface area contributed by atoms with Gasteiger partial charge in [0.1, 0.15) is 0 Å². The predicted octanol–water partition coefficient (Wildman–Crippen LogP) is 1.22. The van der Waals surface area contributed by atoms with Crippen LogP contribution in [0.25, 0.3) is 0 Å². The molecule has 0 aliphatic rings. The van der Waals surface area contributed by atoms with Crippen molar-refractivity contribution in [3.8, 4) is 0 Å². The highest BCUT2D eigenvalue weighted by molar-refractivity contribution is 5.38. The lowest BCUT2D eigenvalue weighted by Crippen LogP contribution is -2.23. The Bertz CT molecular complexity index is 590. The van der Waals surface area contributed by atoms with E-state index in [1.807, 2.05) is 31.2 Å². The number of aliphatic hydroxyl groups is 1. The second-order valence-electron chi connectivity index (χ2n) is 4.25. The van der Waals surface area contributed by atoms with Gasteiger partial charge in [-0.2, -0.15) is 5.10 Å². The van der Waals surface area contributed by atoms with E-state index in [0.717, 1.165) is 23.4 Å². The van der Waals surface area contributed by atoms with Crippen LogP contribution < -0.4 is 10.9 Å². The van der Waals surface area contributed by atoms with Crippen molar-refractivity contribution in [2.75, 3.05) is 11.9 Å².